The van der Waals surface area contributed by atoms with E-state index in [2.05, 4.69) is 12.0 Å². The summed E-state index contributed by atoms with van der Waals surface area (Å²) >= 11 is 1.86. The van der Waals surface area contributed by atoms with Gasteiger partial charge in [-0.2, -0.15) is 16.9 Å². The van der Waals surface area contributed by atoms with Crippen LogP contribution in [-0.2, 0) is 0 Å². The quantitative estimate of drug-likeness (QED) is 0.631. The first-order valence-corrected chi connectivity index (χ1v) is 6.25. The van der Waals surface area contributed by atoms with Crippen molar-refractivity contribution in [2.75, 3.05) is 11.5 Å². The van der Waals surface area contributed by atoms with Gasteiger partial charge in [0.25, 0.3) is 0 Å². The van der Waals surface area contributed by atoms with Crippen molar-refractivity contribution in [2.45, 2.75) is 31.1 Å². The predicted octanol–water partition coefficient (Wildman–Crippen LogP) is 1.83. The highest BCUT2D eigenvalue weighted by atomic mass is 32.2. The minimum Gasteiger partial charge on any atom is -0.378 e. The van der Waals surface area contributed by atoms with E-state index in [0.717, 1.165) is 18.6 Å². The molecule has 7 heteroatoms. The summed E-state index contributed by atoms with van der Waals surface area (Å²) in [4.78, 5) is 10.2. The molecule has 1 aromatic heterocycles. The maximum Gasteiger partial charge on any atom is 0.330 e. The van der Waals surface area contributed by atoms with Gasteiger partial charge in [0.05, 0.1) is 11.0 Å². The topological polar surface area (TPSA) is 87.0 Å². The number of nitrogens with two attached hydrogens (primary N) is 1. The molecule has 1 aliphatic heterocycles. The standard InChI is InChI=1S/C9H14N4O2S/c1-6-7(3-2-4-16-6)12-9(10)8(5-11-12)13(14)15/h5-7H,2-4,10H2,1H3. The molecular weight excluding hydrogens is 228 g/mol. The summed E-state index contributed by atoms with van der Waals surface area (Å²) in [6, 6.07) is 0.174. The van der Waals surface area contributed by atoms with E-state index in [1.165, 1.54) is 6.20 Å². The number of rotatable bonds is 2. The van der Waals surface area contributed by atoms with Gasteiger partial charge in [0, 0.05) is 5.25 Å². The first-order valence-electron chi connectivity index (χ1n) is 5.20. The van der Waals surface area contributed by atoms with Crippen LogP contribution in [0.5, 0.6) is 0 Å². The lowest BCUT2D eigenvalue weighted by Gasteiger charge is -2.28. The lowest BCUT2D eigenvalue weighted by atomic mass is 10.1. The third kappa shape index (κ3) is 1.87. The van der Waals surface area contributed by atoms with Crippen molar-refractivity contribution in [3.63, 3.8) is 0 Å². The molecule has 88 valence electrons. The van der Waals surface area contributed by atoms with Gasteiger partial charge in [-0.15, -0.1) is 0 Å². The Hall–Kier alpha value is -1.24. The fraction of sp³-hybridized carbons (Fsp3) is 0.667. The summed E-state index contributed by atoms with van der Waals surface area (Å²) in [6.45, 7) is 2.11. The number of aromatic nitrogens is 2. The maximum absolute atomic E-state index is 10.7. The van der Waals surface area contributed by atoms with Crippen molar-refractivity contribution in [3.8, 4) is 0 Å². The minimum atomic E-state index is -0.487. The van der Waals surface area contributed by atoms with Crippen molar-refractivity contribution in [1.29, 1.82) is 0 Å². The van der Waals surface area contributed by atoms with Crippen LogP contribution < -0.4 is 5.73 Å². The number of hydrogen-bond acceptors (Lipinski definition) is 5. The van der Waals surface area contributed by atoms with E-state index >= 15 is 0 Å². The predicted molar refractivity (Wildman–Crippen MR) is 63.5 cm³/mol. The molecule has 2 unspecified atom stereocenters. The number of thioether (sulfide) groups is 1. The highest BCUT2D eigenvalue weighted by molar-refractivity contribution is 7.99. The van der Waals surface area contributed by atoms with E-state index in [1.54, 1.807) is 4.68 Å². The van der Waals surface area contributed by atoms with Crippen LogP contribution in [0.25, 0.3) is 0 Å². The molecular formula is C9H14N4O2S. The molecule has 1 fully saturated rings. The van der Waals surface area contributed by atoms with Crippen molar-refractivity contribution < 1.29 is 4.92 Å². The molecule has 0 bridgehead atoms. The van der Waals surface area contributed by atoms with Crippen LogP contribution in [0, 0.1) is 10.1 Å². The maximum atomic E-state index is 10.7. The first-order chi connectivity index (χ1) is 7.61. The SMILES string of the molecule is CC1SCCCC1n1ncc([N+](=O)[O-])c1N. The number of nitrogens with zero attached hydrogens (tertiary/aromatic N) is 3. The molecule has 6 nitrogen and oxygen atoms in total. The van der Waals surface area contributed by atoms with E-state index in [4.69, 9.17) is 5.73 Å². The van der Waals surface area contributed by atoms with E-state index in [-0.39, 0.29) is 17.5 Å². The average Bonchev–Trinajstić information content (AvgIpc) is 2.61. The van der Waals surface area contributed by atoms with Crippen LogP contribution >= 0.6 is 11.8 Å². The second kappa shape index (κ2) is 4.32. The Morgan fingerprint density at radius 1 is 1.75 bits per heavy atom. The summed E-state index contributed by atoms with van der Waals surface area (Å²) in [6.07, 6.45) is 3.32. The first kappa shape index (κ1) is 11.3. The molecule has 0 amide bonds. The van der Waals surface area contributed by atoms with Gasteiger partial charge in [-0.3, -0.25) is 10.1 Å². The fourth-order valence-corrected chi connectivity index (χ4v) is 3.17. The highest BCUT2D eigenvalue weighted by Crippen LogP contribution is 2.36. The van der Waals surface area contributed by atoms with Crippen LogP contribution in [-0.4, -0.2) is 25.7 Å². The largest absolute Gasteiger partial charge is 0.378 e. The molecule has 0 radical (unpaired) electrons. The Labute approximate surface area is 97.3 Å². The van der Waals surface area contributed by atoms with Crippen LogP contribution in [0.2, 0.25) is 0 Å². The Morgan fingerprint density at radius 2 is 2.50 bits per heavy atom. The van der Waals surface area contributed by atoms with Gasteiger partial charge in [-0.25, -0.2) is 4.68 Å². The monoisotopic (exact) mass is 242 g/mol. The van der Waals surface area contributed by atoms with Gasteiger partial charge in [-0.1, -0.05) is 6.92 Å². The molecule has 0 aliphatic carbocycles. The van der Waals surface area contributed by atoms with Crippen LogP contribution in [0.4, 0.5) is 11.5 Å². The summed E-state index contributed by atoms with van der Waals surface area (Å²) < 4.78 is 1.61. The number of nitro groups is 1. The Balaban J connectivity index is 2.29. The summed E-state index contributed by atoms with van der Waals surface area (Å²) in [5.74, 6) is 1.31. The Morgan fingerprint density at radius 3 is 3.06 bits per heavy atom. The zero-order valence-corrected chi connectivity index (χ0v) is 9.81. The van der Waals surface area contributed by atoms with E-state index < -0.39 is 4.92 Å². The van der Waals surface area contributed by atoms with Gasteiger partial charge < -0.3 is 5.73 Å². The lowest BCUT2D eigenvalue weighted by molar-refractivity contribution is -0.384. The molecule has 0 spiro atoms. The van der Waals surface area contributed by atoms with Gasteiger partial charge in [0.1, 0.15) is 6.20 Å². The van der Waals surface area contributed by atoms with Crippen LogP contribution in [0.3, 0.4) is 0 Å². The Bertz CT molecular complexity index is 406. The molecule has 2 heterocycles. The summed E-state index contributed by atoms with van der Waals surface area (Å²) in [5, 5.41) is 15.1. The third-order valence-corrected chi connectivity index (χ3v) is 4.26. The summed E-state index contributed by atoms with van der Waals surface area (Å²) in [5.41, 5.74) is 5.65. The van der Waals surface area contributed by atoms with Crippen LogP contribution in [0.1, 0.15) is 25.8 Å². The highest BCUT2D eigenvalue weighted by Gasteiger charge is 2.28. The fourth-order valence-electron chi connectivity index (χ4n) is 2.00. The van der Waals surface area contributed by atoms with Gasteiger partial charge in [0.2, 0.25) is 5.82 Å². The van der Waals surface area contributed by atoms with E-state index in [1.807, 2.05) is 11.8 Å². The zero-order chi connectivity index (χ0) is 11.7. The van der Waals surface area contributed by atoms with E-state index in [9.17, 15) is 10.1 Å². The van der Waals surface area contributed by atoms with E-state index in [0.29, 0.717) is 5.25 Å². The van der Waals surface area contributed by atoms with Crippen molar-refractivity contribution in [1.82, 2.24) is 9.78 Å². The molecule has 1 aromatic rings. The molecule has 2 N–H and O–H groups in total. The zero-order valence-electron chi connectivity index (χ0n) is 9.00. The normalized spacial score (nSPS) is 25.6. The molecule has 0 aromatic carbocycles. The molecule has 1 saturated heterocycles. The van der Waals surface area contributed by atoms with Gasteiger partial charge in [0.15, 0.2) is 0 Å². The molecule has 0 saturated carbocycles. The second-order valence-electron chi connectivity index (χ2n) is 3.90. The molecule has 1 aliphatic rings. The van der Waals surface area contributed by atoms with Crippen molar-refractivity contribution in [2.24, 2.45) is 0 Å². The third-order valence-electron chi connectivity index (χ3n) is 2.89. The number of nitrogen functional groups attached to an aromatic ring is 1. The smallest absolute Gasteiger partial charge is 0.330 e. The summed E-state index contributed by atoms with van der Waals surface area (Å²) in [7, 11) is 0. The van der Waals surface area contributed by atoms with Crippen LogP contribution in [0.15, 0.2) is 6.20 Å². The number of hydrogen-bond donors (Lipinski definition) is 1. The molecule has 16 heavy (non-hydrogen) atoms. The molecule has 2 atom stereocenters. The second-order valence-corrected chi connectivity index (χ2v) is 5.39. The minimum absolute atomic E-state index is 0.0947. The van der Waals surface area contributed by atoms with Crippen molar-refractivity contribution >= 4 is 23.3 Å². The molecule has 2 rings (SSSR count). The van der Waals surface area contributed by atoms with Gasteiger partial charge in [-0.05, 0) is 18.6 Å². The lowest BCUT2D eigenvalue weighted by Crippen LogP contribution is -2.25. The average molecular weight is 242 g/mol. The number of anilines is 1. The van der Waals surface area contributed by atoms with Crippen molar-refractivity contribution in [3.05, 3.63) is 16.3 Å². The Kier molecular flexibility index (Phi) is 3.04. The van der Waals surface area contributed by atoms with Gasteiger partial charge >= 0.3 is 5.69 Å².